The summed E-state index contributed by atoms with van der Waals surface area (Å²) in [4.78, 5) is 12.0. The summed E-state index contributed by atoms with van der Waals surface area (Å²) < 4.78 is 11.7. The molecule has 6 heteroatoms. The van der Waals surface area contributed by atoms with E-state index in [1.807, 2.05) is 13.8 Å². The van der Waals surface area contributed by atoms with E-state index < -0.39 is 13.5 Å². The second-order valence-corrected chi connectivity index (χ2v) is 7.20. The predicted octanol–water partition coefficient (Wildman–Crippen LogP) is 2.91. The van der Waals surface area contributed by atoms with E-state index in [0.717, 1.165) is 4.48 Å². The Kier molecular flexibility index (Phi) is 3.60. The van der Waals surface area contributed by atoms with Crippen LogP contribution in [0.5, 0.6) is 0 Å². The first kappa shape index (κ1) is 12.1. The molecule has 0 aromatic rings. The summed E-state index contributed by atoms with van der Waals surface area (Å²) in [6, 6.07) is 0. The van der Waals surface area contributed by atoms with Crippen molar-refractivity contribution in [1.82, 2.24) is 0 Å². The molecule has 3 nitrogen and oxygen atoms in total. The van der Waals surface area contributed by atoms with Gasteiger partial charge >= 0.3 is 0 Å². The van der Waals surface area contributed by atoms with Gasteiger partial charge in [-0.05, 0) is 52.6 Å². The molecule has 1 atom stereocenters. The van der Waals surface area contributed by atoms with Crippen molar-refractivity contribution in [3.63, 3.8) is 0 Å². The Bertz CT molecular complexity index is 254. The lowest BCUT2D eigenvalue weighted by molar-refractivity contribution is -0.218. The topological polar surface area (TPSA) is 41.5 Å². The Morgan fingerprint density at radius 2 is 2.08 bits per heavy atom. The van der Waals surface area contributed by atoms with Crippen molar-refractivity contribution < 1.29 is 13.9 Å². The lowest BCUT2D eigenvalue weighted by atomic mass is 10.1. The molecule has 0 aliphatic carbocycles. The van der Waals surface area contributed by atoms with Crippen molar-refractivity contribution in [3.8, 4) is 0 Å². The smallest absolute Gasteiger partial charge is 0.280 e. The highest BCUT2D eigenvalue weighted by molar-refractivity contribution is 9.15. The largest absolute Gasteiger partial charge is 0.627 e. The average Bonchev–Trinajstić information content (AvgIpc) is 2.13. The van der Waals surface area contributed by atoms with Gasteiger partial charge in [0.05, 0.1) is 11.1 Å². The highest BCUT2D eigenvalue weighted by Crippen LogP contribution is 2.72. The molecule has 0 spiro atoms. The lowest BCUT2D eigenvalue weighted by Gasteiger charge is -2.25. The Hall–Kier alpha value is 1.01. The summed E-state index contributed by atoms with van der Waals surface area (Å²) in [6.07, 6.45) is 0. The third-order valence-corrected chi connectivity index (χ3v) is 7.49. The summed E-state index contributed by atoms with van der Waals surface area (Å²) in [5.74, 6) is 0. The summed E-state index contributed by atoms with van der Waals surface area (Å²) >= 11 is 6.55. The first-order valence-corrected chi connectivity index (χ1v) is 6.98. The minimum absolute atomic E-state index is 0.364. The molecule has 1 unspecified atom stereocenters. The summed E-state index contributed by atoms with van der Waals surface area (Å²) in [6.45, 7) is 5.80. The van der Waals surface area contributed by atoms with E-state index in [2.05, 4.69) is 31.9 Å². The molecular formula is C7H11Br2O3P. The molecule has 76 valence electrons. The van der Waals surface area contributed by atoms with Crippen molar-refractivity contribution in [3.05, 3.63) is 8.71 Å². The molecule has 1 aliphatic heterocycles. The minimum atomic E-state index is -3.09. The van der Waals surface area contributed by atoms with Gasteiger partial charge in [0.15, 0.2) is 0 Å². The first-order chi connectivity index (χ1) is 5.83. The van der Waals surface area contributed by atoms with Crippen LogP contribution in [0.2, 0.25) is 0 Å². The van der Waals surface area contributed by atoms with Crippen LogP contribution in [-0.2, 0) is 9.05 Å². The zero-order valence-corrected chi connectivity index (χ0v) is 11.7. The van der Waals surface area contributed by atoms with Gasteiger partial charge in [-0.1, -0.05) is 0 Å². The first-order valence-electron chi connectivity index (χ1n) is 3.85. The van der Waals surface area contributed by atoms with E-state index in [1.165, 1.54) is 0 Å². The molecule has 0 saturated heterocycles. The van der Waals surface area contributed by atoms with Gasteiger partial charge in [-0.2, -0.15) is 4.52 Å². The molecular weight excluding hydrogens is 323 g/mol. The molecule has 0 saturated carbocycles. The number of rotatable bonds is 2. The van der Waals surface area contributed by atoms with Crippen molar-refractivity contribution in [2.45, 2.75) is 26.4 Å². The van der Waals surface area contributed by atoms with Crippen LogP contribution in [0.4, 0.5) is 0 Å². The Balaban J connectivity index is 2.98. The SMILES string of the molecule is CCO[P+]1([O-])OC(C)(C)C(Br)=C1Br. The maximum absolute atomic E-state index is 12.0. The number of halogens is 2. The predicted molar refractivity (Wildman–Crippen MR) is 58.6 cm³/mol. The van der Waals surface area contributed by atoms with Crippen LogP contribution in [0.3, 0.4) is 0 Å². The highest BCUT2D eigenvalue weighted by Gasteiger charge is 2.52. The molecule has 0 bridgehead atoms. The fraction of sp³-hybridized carbons (Fsp3) is 0.714. The van der Waals surface area contributed by atoms with Gasteiger partial charge < -0.3 is 4.89 Å². The molecule has 0 fully saturated rings. The third-order valence-electron chi connectivity index (χ3n) is 1.60. The van der Waals surface area contributed by atoms with Crippen molar-refractivity contribution >= 4 is 39.8 Å². The fourth-order valence-electron chi connectivity index (χ4n) is 1.00. The molecule has 13 heavy (non-hydrogen) atoms. The van der Waals surface area contributed by atoms with Gasteiger partial charge in [-0.3, -0.25) is 0 Å². The maximum atomic E-state index is 12.0. The van der Waals surface area contributed by atoms with Crippen LogP contribution in [0.1, 0.15) is 20.8 Å². The van der Waals surface area contributed by atoms with Crippen LogP contribution >= 0.6 is 39.8 Å². The summed E-state index contributed by atoms with van der Waals surface area (Å²) in [5.41, 5.74) is -0.580. The Morgan fingerprint density at radius 3 is 2.38 bits per heavy atom. The second kappa shape index (κ2) is 3.87. The van der Waals surface area contributed by atoms with Gasteiger partial charge in [0.2, 0.25) is 4.22 Å². The van der Waals surface area contributed by atoms with Gasteiger partial charge in [-0.25, -0.2) is 4.52 Å². The van der Waals surface area contributed by atoms with Gasteiger partial charge in [-0.15, -0.1) is 0 Å². The monoisotopic (exact) mass is 332 g/mol. The van der Waals surface area contributed by atoms with Gasteiger partial charge in [0.1, 0.15) is 5.60 Å². The van der Waals surface area contributed by atoms with Crippen LogP contribution in [0, 0.1) is 0 Å². The lowest BCUT2D eigenvalue weighted by Crippen LogP contribution is -2.23. The maximum Gasteiger partial charge on any atom is 0.280 e. The van der Waals surface area contributed by atoms with Crippen LogP contribution in [-0.4, -0.2) is 12.2 Å². The van der Waals surface area contributed by atoms with Crippen LogP contribution in [0.25, 0.3) is 0 Å². The normalized spacial score (nSPS) is 32.8. The molecule has 1 aliphatic rings. The van der Waals surface area contributed by atoms with Crippen LogP contribution < -0.4 is 4.89 Å². The quantitative estimate of drug-likeness (QED) is 0.730. The molecule has 0 radical (unpaired) electrons. The van der Waals surface area contributed by atoms with Crippen molar-refractivity contribution in [2.24, 2.45) is 0 Å². The molecule has 1 rings (SSSR count). The molecule has 0 amide bonds. The van der Waals surface area contributed by atoms with Crippen molar-refractivity contribution in [2.75, 3.05) is 6.61 Å². The average molecular weight is 334 g/mol. The number of hydrogen-bond acceptors (Lipinski definition) is 3. The summed E-state index contributed by atoms with van der Waals surface area (Å²) in [7, 11) is -3.09. The Morgan fingerprint density at radius 1 is 1.54 bits per heavy atom. The van der Waals surface area contributed by atoms with E-state index in [0.29, 0.717) is 10.8 Å². The summed E-state index contributed by atoms with van der Waals surface area (Å²) in [5, 5.41) is 0. The van der Waals surface area contributed by atoms with Crippen molar-refractivity contribution in [1.29, 1.82) is 0 Å². The van der Waals surface area contributed by atoms with E-state index >= 15 is 0 Å². The number of hydrogen-bond donors (Lipinski definition) is 0. The van der Waals surface area contributed by atoms with Gasteiger partial charge in [0, 0.05) is 0 Å². The van der Waals surface area contributed by atoms with Gasteiger partial charge in [0.25, 0.3) is 7.94 Å². The second-order valence-electron chi connectivity index (χ2n) is 3.12. The van der Waals surface area contributed by atoms with E-state index in [1.54, 1.807) is 6.92 Å². The molecule has 0 aromatic carbocycles. The van der Waals surface area contributed by atoms with E-state index in [9.17, 15) is 4.89 Å². The highest BCUT2D eigenvalue weighted by atomic mass is 79.9. The zero-order valence-electron chi connectivity index (χ0n) is 7.63. The minimum Gasteiger partial charge on any atom is -0.627 e. The van der Waals surface area contributed by atoms with E-state index in [4.69, 9.17) is 9.05 Å². The molecule has 0 N–H and O–H groups in total. The Labute approximate surface area is 95.3 Å². The molecule has 0 aromatic heterocycles. The van der Waals surface area contributed by atoms with Crippen LogP contribution in [0.15, 0.2) is 8.71 Å². The fourth-order valence-corrected chi connectivity index (χ4v) is 4.65. The molecule has 1 heterocycles. The zero-order chi connectivity index (χ0) is 10.3. The third kappa shape index (κ3) is 2.16. The van der Waals surface area contributed by atoms with E-state index in [-0.39, 0.29) is 0 Å². The standard InChI is InChI=1S/C7H11Br2O3P/c1-4-11-13(10)6(9)5(8)7(2,3)12-13/h4H2,1-3H3.